The Balaban J connectivity index is 1.84. The zero-order valence-electron chi connectivity index (χ0n) is 20.0. The third kappa shape index (κ3) is 4.94. The zero-order chi connectivity index (χ0) is 25.8. The Bertz CT molecular complexity index is 1520. The predicted molar refractivity (Wildman–Crippen MR) is 135 cm³/mol. The summed E-state index contributed by atoms with van der Waals surface area (Å²) in [6.45, 7) is 3.41. The minimum atomic E-state index is -0.664. The van der Waals surface area contributed by atoms with Crippen LogP contribution < -0.4 is 30.1 Å². The molecule has 2 aromatic carbocycles. The van der Waals surface area contributed by atoms with Crippen LogP contribution in [0, 0.1) is 0 Å². The van der Waals surface area contributed by atoms with Crippen LogP contribution in [0.4, 0.5) is 0 Å². The molecule has 0 saturated carbocycles. The second kappa shape index (κ2) is 10.6. The fourth-order valence-electron chi connectivity index (χ4n) is 3.94. The number of methoxy groups -OCH3 is 1. The molecule has 2 N–H and O–H groups in total. The van der Waals surface area contributed by atoms with Crippen LogP contribution >= 0.6 is 11.3 Å². The average molecular weight is 508 g/mol. The molecule has 0 radical (unpaired) electrons. The van der Waals surface area contributed by atoms with E-state index in [9.17, 15) is 14.4 Å². The van der Waals surface area contributed by atoms with Crippen molar-refractivity contribution in [2.24, 2.45) is 10.7 Å². The average Bonchev–Trinajstić information content (AvgIpc) is 3.16. The van der Waals surface area contributed by atoms with Gasteiger partial charge in [0.15, 0.2) is 22.9 Å². The molecule has 10 heteroatoms. The van der Waals surface area contributed by atoms with Gasteiger partial charge in [0.05, 0.1) is 35.6 Å². The first-order valence-electron chi connectivity index (χ1n) is 11.2. The van der Waals surface area contributed by atoms with Gasteiger partial charge in [0.25, 0.3) is 11.5 Å². The number of nitrogens with two attached hydrogens (primary N) is 1. The van der Waals surface area contributed by atoms with Crippen molar-refractivity contribution in [3.8, 4) is 11.5 Å². The van der Waals surface area contributed by atoms with E-state index in [1.165, 1.54) is 23.0 Å². The number of allylic oxidation sites excluding steroid dienone is 1. The SMILES string of the molecule is CCOC(=O)C1=C(C)N=c2s/c(=C\c3ccc(OCC(N)=O)c(OC)c3)c(=O)n2[C@@H]1c1ccccc1. The van der Waals surface area contributed by atoms with Crippen molar-refractivity contribution in [1.29, 1.82) is 0 Å². The molecule has 0 bridgehead atoms. The molecule has 2 heterocycles. The third-order valence-corrected chi connectivity index (χ3v) is 6.47. The lowest BCUT2D eigenvalue weighted by atomic mass is 9.96. The van der Waals surface area contributed by atoms with E-state index < -0.39 is 17.9 Å². The standard InChI is InChI=1S/C26H25N3O6S/c1-4-34-25(32)22-15(2)28-26-29(23(22)17-8-6-5-7-9-17)24(31)20(36-26)13-16-10-11-18(19(12-16)33-3)35-14-21(27)30/h5-13,23H,4,14H2,1-3H3,(H2,27,30)/b20-13-/t23-/m1/s1. The fraction of sp³-hybridized carbons (Fsp3) is 0.231. The molecule has 186 valence electrons. The van der Waals surface area contributed by atoms with Crippen LogP contribution in [-0.2, 0) is 14.3 Å². The summed E-state index contributed by atoms with van der Waals surface area (Å²) in [5.41, 5.74) is 7.17. The highest BCUT2D eigenvalue weighted by Crippen LogP contribution is 2.31. The molecule has 1 amide bonds. The van der Waals surface area contributed by atoms with Gasteiger partial charge < -0.3 is 19.9 Å². The van der Waals surface area contributed by atoms with Gasteiger partial charge in [-0.05, 0) is 43.2 Å². The summed E-state index contributed by atoms with van der Waals surface area (Å²) in [4.78, 5) is 42.6. The molecule has 1 atom stereocenters. The summed E-state index contributed by atoms with van der Waals surface area (Å²) >= 11 is 1.23. The number of thiazole rings is 1. The quantitative estimate of drug-likeness (QED) is 0.463. The normalized spacial score (nSPS) is 15.2. The second-order valence-corrected chi connectivity index (χ2v) is 8.89. The molecule has 1 aromatic heterocycles. The van der Waals surface area contributed by atoms with E-state index in [0.29, 0.717) is 37.7 Å². The molecule has 0 aliphatic carbocycles. The monoisotopic (exact) mass is 507 g/mol. The van der Waals surface area contributed by atoms with E-state index >= 15 is 0 Å². The molecule has 1 aliphatic heterocycles. The number of carbonyl (C=O) groups is 2. The van der Waals surface area contributed by atoms with Crippen LogP contribution in [0.1, 0.15) is 31.0 Å². The number of fused-ring (bicyclic) bond motifs is 1. The lowest BCUT2D eigenvalue weighted by Crippen LogP contribution is -2.39. The van der Waals surface area contributed by atoms with Crippen molar-refractivity contribution in [3.63, 3.8) is 0 Å². The first-order chi connectivity index (χ1) is 17.3. The Morgan fingerprint density at radius 1 is 1.17 bits per heavy atom. The number of amides is 1. The Hall–Kier alpha value is -4.18. The number of hydrogen-bond donors (Lipinski definition) is 1. The van der Waals surface area contributed by atoms with Gasteiger partial charge in [-0.25, -0.2) is 9.79 Å². The van der Waals surface area contributed by atoms with E-state index in [-0.39, 0.29) is 18.8 Å². The van der Waals surface area contributed by atoms with Gasteiger partial charge in [0.2, 0.25) is 0 Å². The minimum Gasteiger partial charge on any atom is -0.493 e. The van der Waals surface area contributed by atoms with Crippen molar-refractivity contribution in [3.05, 3.63) is 90.6 Å². The van der Waals surface area contributed by atoms with Crippen LogP contribution in [-0.4, -0.2) is 36.8 Å². The van der Waals surface area contributed by atoms with Crippen molar-refractivity contribution in [1.82, 2.24) is 4.57 Å². The van der Waals surface area contributed by atoms with E-state index in [4.69, 9.17) is 19.9 Å². The number of carbonyl (C=O) groups excluding carboxylic acids is 2. The molecule has 4 rings (SSSR count). The van der Waals surface area contributed by atoms with Gasteiger partial charge >= 0.3 is 5.97 Å². The molecule has 3 aromatic rings. The maximum Gasteiger partial charge on any atom is 0.338 e. The van der Waals surface area contributed by atoms with Gasteiger partial charge in [-0.15, -0.1) is 0 Å². The van der Waals surface area contributed by atoms with Gasteiger partial charge in [0.1, 0.15) is 0 Å². The van der Waals surface area contributed by atoms with Crippen LogP contribution in [0.3, 0.4) is 0 Å². The Morgan fingerprint density at radius 2 is 1.92 bits per heavy atom. The molecule has 0 unspecified atom stereocenters. The summed E-state index contributed by atoms with van der Waals surface area (Å²) in [6, 6.07) is 13.7. The highest BCUT2D eigenvalue weighted by atomic mass is 32.1. The van der Waals surface area contributed by atoms with Crippen LogP contribution in [0.5, 0.6) is 11.5 Å². The van der Waals surface area contributed by atoms with Crippen LogP contribution in [0.15, 0.2) is 69.6 Å². The summed E-state index contributed by atoms with van der Waals surface area (Å²) in [5.74, 6) is -0.361. The summed E-state index contributed by atoms with van der Waals surface area (Å²) in [6.07, 6.45) is 1.72. The lowest BCUT2D eigenvalue weighted by molar-refractivity contribution is -0.139. The van der Waals surface area contributed by atoms with Gasteiger partial charge in [-0.3, -0.25) is 14.2 Å². The maximum absolute atomic E-state index is 13.6. The summed E-state index contributed by atoms with van der Waals surface area (Å²) < 4.78 is 18.0. The van der Waals surface area contributed by atoms with E-state index in [0.717, 1.165) is 5.56 Å². The Morgan fingerprint density at radius 3 is 2.58 bits per heavy atom. The van der Waals surface area contributed by atoms with Gasteiger partial charge in [-0.1, -0.05) is 47.7 Å². The molecular weight excluding hydrogens is 482 g/mol. The van der Waals surface area contributed by atoms with Crippen molar-refractivity contribution >= 4 is 29.3 Å². The van der Waals surface area contributed by atoms with E-state index in [1.807, 2.05) is 30.3 Å². The number of primary amides is 1. The zero-order valence-corrected chi connectivity index (χ0v) is 20.8. The highest BCUT2D eigenvalue weighted by Gasteiger charge is 2.33. The van der Waals surface area contributed by atoms with Gasteiger partial charge in [-0.2, -0.15) is 0 Å². The number of benzene rings is 2. The number of rotatable bonds is 8. The third-order valence-electron chi connectivity index (χ3n) is 5.49. The highest BCUT2D eigenvalue weighted by molar-refractivity contribution is 7.07. The Labute approximate surface area is 210 Å². The lowest BCUT2D eigenvalue weighted by Gasteiger charge is -2.24. The largest absolute Gasteiger partial charge is 0.493 e. The topological polar surface area (TPSA) is 122 Å². The molecule has 0 saturated heterocycles. The fourth-order valence-corrected chi connectivity index (χ4v) is 4.98. The van der Waals surface area contributed by atoms with Crippen molar-refractivity contribution in [2.75, 3.05) is 20.3 Å². The molecular formula is C26H25N3O6S. The second-order valence-electron chi connectivity index (χ2n) is 7.88. The smallest absolute Gasteiger partial charge is 0.338 e. The Kier molecular flexibility index (Phi) is 7.35. The first kappa shape index (κ1) is 24.9. The van der Waals surface area contributed by atoms with Crippen molar-refractivity contribution < 1.29 is 23.8 Å². The molecule has 9 nitrogen and oxygen atoms in total. The van der Waals surface area contributed by atoms with E-state index in [2.05, 4.69) is 4.99 Å². The molecule has 0 spiro atoms. The molecule has 36 heavy (non-hydrogen) atoms. The van der Waals surface area contributed by atoms with Crippen LogP contribution in [0.25, 0.3) is 6.08 Å². The minimum absolute atomic E-state index is 0.211. The maximum atomic E-state index is 13.6. The summed E-state index contributed by atoms with van der Waals surface area (Å²) in [7, 11) is 1.48. The first-order valence-corrected chi connectivity index (χ1v) is 12.0. The molecule has 0 fully saturated rings. The van der Waals surface area contributed by atoms with Crippen LogP contribution in [0.2, 0.25) is 0 Å². The summed E-state index contributed by atoms with van der Waals surface area (Å²) in [5, 5.41) is 0. The number of nitrogens with zero attached hydrogens (tertiary/aromatic N) is 2. The number of hydrogen-bond acceptors (Lipinski definition) is 8. The number of aromatic nitrogens is 1. The number of esters is 1. The number of ether oxygens (including phenoxy) is 3. The van der Waals surface area contributed by atoms with Crippen molar-refractivity contribution in [2.45, 2.75) is 19.9 Å². The van der Waals surface area contributed by atoms with E-state index in [1.54, 1.807) is 38.1 Å². The van der Waals surface area contributed by atoms with Gasteiger partial charge in [0, 0.05) is 0 Å². The predicted octanol–water partition coefficient (Wildman–Crippen LogP) is 1.67. The molecule has 1 aliphatic rings.